The van der Waals surface area contributed by atoms with Gasteiger partial charge >= 0.3 is 0 Å². The molecule has 1 aromatic carbocycles. The van der Waals surface area contributed by atoms with E-state index in [1.165, 1.54) is 0 Å². The highest BCUT2D eigenvalue weighted by Crippen LogP contribution is 1.95. The fourth-order valence-corrected chi connectivity index (χ4v) is 0.954. The zero-order valence-electron chi connectivity index (χ0n) is 8.27. The lowest BCUT2D eigenvalue weighted by atomic mass is 10.2. The molecule has 0 aliphatic heterocycles. The summed E-state index contributed by atoms with van der Waals surface area (Å²) in [5.41, 5.74) is 1.05. The highest BCUT2D eigenvalue weighted by Gasteiger charge is 1.96. The number of hydrogen-bond acceptors (Lipinski definition) is 2. The van der Waals surface area contributed by atoms with Crippen LogP contribution in [0.4, 0.5) is 0 Å². The molecule has 0 aliphatic rings. The number of nitrogens with one attached hydrogen (secondary N) is 1. The van der Waals surface area contributed by atoms with E-state index in [4.69, 9.17) is 12.2 Å². The first-order chi connectivity index (χ1) is 6.74. The predicted molar refractivity (Wildman–Crippen MR) is 63.5 cm³/mol. The number of benzene rings is 1. The van der Waals surface area contributed by atoms with Gasteiger partial charge in [-0.2, -0.15) is 5.10 Å². The quantitative estimate of drug-likeness (QED) is 0.452. The molecule has 0 atom stereocenters. The Kier molecular flexibility index (Phi) is 4.07. The molecule has 1 rings (SSSR count). The lowest BCUT2D eigenvalue weighted by Gasteiger charge is -2.12. The summed E-state index contributed by atoms with van der Waals surface area (Å²) < 4.78 is 0. The molecule has 0 fully saturated rings. The van der Waals surface area contributed by atoms with Gasteiger partial charge in [0, 0.05) is 14.1 Å². The number of nitrogens with zero attached hydrogens (tertiary/aromatic N) is 2. The smallest absolute Gasteiger partial charge is 0.189 e. The molecular weight excluding hydrogens is 194 g/mol. The van der Waals surface area contributed by atoms with Crippen molar-refractivity contribution >= 4 is 23.5 Å². The highest BCUT2D eigenvalue weighted by molar-refractivity contribution is 7.80. The molecule has 14 heavy (non-hydrogen) atoms. The maximum absolute atomic E-state index is 4.99. The maximum Gasteiger partial charge on any atom is 0.189 e. The SMILES string of the molecule is CNC(=S)N(C)N=Cc1ccccc1. The molecule has 0 radical (unpaired) electrons. The van der Waals surface area contributed by atoms with Crippen LogP contribution < -0.4 is 5.32 Å². The Hall–Kier alpha value is -1.42. The number of hydrazone groups is 1. The molecule has 0 spiro atoms. The van der Waals surface area contributed by atoms with E-state index < -0.39 is 0 Å². The lowest BCUT2D eigenvalue weighted by molar-refractivity contribution is 0.540. The topological polar surface area (TPSA) is 27.6 Å². The Labute approximate surface area is 89.4 Å². The first-order valence-corrected chi connectivity index (χ1v) is 4.69. The van der Waals surface area contributed by atoms with Crippen molar-refractivity contribution in [2.75, 3.05) is 14.1 Å². The van der Waals surface area contributed by atoms with Crippen LogP contribution in [0.25, 0.3) is 0 Å². The Morgan fingerprint density at radius 2 is 2.07 bits per heavy atom. The zero-order valence-corrected chi connectivity index (χ0v) is 9.08. The number of hydrogen-bond donors (Lipinski definition) is 1. The van der Waals surface area contributed by atoms with Gasteiger partial charge in [0.2, 0.25) is 0 Å². The minimum atomic E-state index is 0.595. The van der Waals surface area contributed by atoms with Crippen LogP contribution in [0.5, 0.6) is 0 Å². The van der Waals surface area contributed by atoms with E-state index in [1.54, 1.807) is 25.3 Å². The highest BCUT2D eigenvalue weighted by atomic mass is 32.1. The summed E-state index contributed by atoms with van der Waals surface area (Å²) in [6.45, 7) is 0. The summed E-state index contributed by atoms with van der Waals surface area (Å²) in [5, 5.41) is 9.22. The summed E-state index contributed by atoms with van der Waals surface area (Å²) in [5.74, 6) is 0. The van der Waals surface area contributed by atoms with E-state index in [0.717, 1.165) is 5.56 Å². The van der Waals surface area contributed by atoms with Gasteiger partial charge in [0.1, 0.15) is 0 Å². The molecule has 0 amide bonds. The molecule has 3 nitrogen and oxygen atoms in total. The van der Waals surface area contributed by atoms with E-state index in [9.17, 15) is 0 Å². The molecule has 0 unspecified atom stereocenters. The third-order valence-corrected chi connectivity index (χ3v) is 2.16. The first kappa shape index (κ1) is 10.7. The fourth-order valence-electron chi connectivity index (χ4n) is 0.907. The van der Waals surface area contributed by atoms with E-state index in [-0.39, 0.29) is 0 Å². The van der Waals surface area contributed by atoms with E-state index >= 15 is 0 Å². The van der Waals surface area contributed by atoms with Gasteiger partial charge in [-0.05, 0) is 17.8 Å². The number of thiocarbonyl (C=S) groups is 1. The average molecular weight is 207 g/mol. The van der Waals surface area contributed by atoms with Crippen molar-refractivity contribution < 1.29 is 0 Å². The summed E-state index contributed by atoms with van der Waals surface area (Å²) in [7, 11) is 3.58. The largest absolute Gasteiger partial charge is 0.364 e. The standard InChI is InChI=1S/C10H13N3S/c1-11-10(14)13(2)12-8-9-6-4-3-5-7-9/h3-8H,1-2H3,(H,11,14). The average Bonchev–Trinajstić information content (AvgIpc) is 2.26. The Balaban J connectivity index is 2.60. The summed E-state index contributed by atoms with van der Waals surface area (Å²) in [6.07, 6.45) is 1.77. The molecular formula is C10H13N3S. The predicted octanol–water partition coefficient (Wildman–Crippen LogP) is 1.46. The second kappa shape index (κ2) is 5.34. The van der Waals surface area contributed by atoms with E-state index in [2.05, 4.69) is 10.4 Å². The summed E-state index contributed by atoms with van der Waals surface area (Å²) in [6, 6.07) is 9.88. The molecule has 74 valence electrons. The van der Waals surface area contributed by atoms with Crippen molar-refractivity contribution in [1.82, 2.24) is 10.3 Å². The summed E-state index contributed by atoms with van der Waals surface area (Å²) in [4.78, 5) is 0. The number of rotatable bonds is 2. The van der Waals surface area contributed by atoms with Crippen LogP contribution >= 0.6 is 12.2 Å². The Morgan fingerprint density at radius 3 is 2.64 bits per heavy atom. The summed E-state index contributed by atoms with van der Waals surface area (Å²) >= 11 is 4.99. The monoisotopic (exact) mass is 207 g/mol. The minimum absolute atomic E-state index is 0.595. The second-order valence-corrected chi connectivity index (χ2v) is 3.12. The second-order valence-electron chi connectivity index (χ2n) is 2.73. The molecule has 4 heteroatoms. The van der Waals surface area contributed by atoms with Gasteiger partial charge in [0.15, 0.2) is 5.11 Å². The van der Waals surface area contributed by atoms with Crippen LogP contribution in [0.15, 0.2) is 35.4 Å². The zero-order chi connectivity index (χ0) is 10.4. The first-order valence-electron chi connectivity index (χ1n) is 4.28. The van der Waals surface area contributed by atoms with Crippen LogP contribution in [-0.4, -0.2) is 30.4 Å². The van der Waals surface area contributed by atoms with Crippen molar-refractivity contribution in [3.63, 3.8) is 0 Å². The van der Waals surface area contributed by atoms with Gasteiger partial charge in [-0.25, -0.2) is 5.01 Å². The maximum atomic E-state index is 4.99. The molecule has 0 aromatic heterocycles. The van der Waals surface area contributed by atoms with Crippen LogP contribution in [-0.2, 0) is 0 Å². The lowest BCUT2D eigenvalue weighted by Crippen LogP contribution is -2.30. The molecule has 0 saturated carbocycles. The molecule has 1 aromatic rings. The molecule has 0 bridgehead atoms. The Bertz CT molecular complexity index is 321. The van der Waals surface area contributed by atoms with Crippen LogP contribution in [0, 0.1) is 0 Å². The van der Waals surface area contributed by atoms with Crippen molar-refractivity contribution in [2.45, 2.75) is 0 Å². The normalized spacial score (nSPS) is 10.1. The van der Waals surface area contributed by atoms with Crippen LogP contribution in [0.1, 0.15) is 5.56 Å². The molecule has 1 N–H and O–H groups in total. The van der Waals surface area contributed by atoms with Gasteiger partial charge in [-0.15, -0.1) is 0 Å². The van der Waals surface area contributed by atoms with Gasteiger partial charge in [0.05, 0.1) is 6.21 Å². The Morgan fingerprint density at radius 1 is 1.43 bits per heavy atom. The van der Waals surface area contributed by atoms with E-state index in [1.807, 2.05) is 30.3 Å². The van der Waals surface area contributed by atoms with Gasteiger partial charge in [-0.1, -0.05) is 30.3 Å². The van der Waals surface area contributed by atoms with Crippen molar-refractivity contribution in [2.24, 2.45) is 5.10 Å². The third kappa shape index (κ3) is 3.14. The fraction of sp³-hybridized carbons (Fsp3) is 0.200. The van der Waals surface area contributed by atoms with Crippen LogP contribution in [0.2, 0.25) is 0 Å². The van der Waals surface area contributed by atoms with Crippen molar-refractivity contribution in [1.29, 1.82) is 0 Å². The molecule has 0 saturated heterocycles. The van der Waals surface area contributed by atoms with Gasteiger partial charge in [0.25, 0.3) is 0 Å². The van der Waals surface area contributed by atoms with Gasteiger partial charge in [-0.3, -0.25) is 0 Å². The van der Waals surface area contributed by atoms with Gasteiger partial charge < -0.3 is 5.32 Å². The van der Waals surface area contributed by atoms with Crippen molar-refractivity contribution in [3.05, 3.63) is 35.9 Å². The van der Waals surface area contributed by atoms with Crippen molar-refractivity contribution in [3.8, 4) is 0 Å². The molecule has 0 heterocycles. The minimum Gasteiger partial charge on any atom is -0.364 e. The van der Waals surface area contributed by atoms with E-state index in [0.29, 0.717) is 5.11 Å². The van der Waals surface area contributed by atoms with Crippen LogP contribution in [0.3, 0.4) is 0 Å². The third-order valence-electron chi connectivity index (χ3n) is 1.69. The molecule has 0 aliphatic carbocycles.